The van der Waals surface area contributed by atoms with Crippen LogP contribution in [0.3, 0.4) is 0 Å². The van der Waals surface area contributed by atoms with Gasteiger partial charge in [-0.15, -0.1) is 0 Å². The van der Waals surface area contributed by atoms with Gasteiger partial charge in [-0.1, -0.05) is 0 Å². The van der Waals surface area contributed by atoms with E-state index in [-0.39, 0.29) is 5.91 Å². The van der Waals surface area contributed by atoms with E-state index in [1.165, 1.54) is 12.8 Å². The van der Waals surface area contributed by atoms with Gasteiger partial charge in [-0.3, -0.25) is 4.79 Å². The molecular weight excluding hydrogens is 176 g/mol. The van der Waals surface area contributed by atoms with Crippen LogP contribution in [-0.2, 0) is 4.79 Å². The first kappa shape index (κ1) is 9.97. The van der Waals surface area contributed by atoms with Crippen LogP contribution in [0.2, 0.25) is 0 Å². The molecular formula is C11H20N2O. The van der Waals surface area contributed by atoms with Crippen molar-refractivity contribution >= 4 is 5.91 Å². The molecule has 2 aliphatic rings. The van der Waals surface area contributed by atoms with Gasteiger partial charge in [0.2, 0.25) is 5.91 Å². The summed E-state index contributed by atoms with van der Waals surface area (Å²) in [5, 5.41) is 0. The second-order valence-electron chi connectivity index (χ2n) is 4.63. The predicted octanol–water partition coefficient (Wildman–Crippen LogP) is 1.09. The summed E-state index contributed by atoms with van der Waals surface area (Å²) in [6.07, 6.45) is 5.08. The average Bonchev–Trinajstić information content (AvgIpc) is 3.00. The summed E-state index contributed by atoms with van der Waals surface area (Å²) in [5.74, 6) is 0.234. The molecule has 2 rings (SSSR count). The SMILES string of the molecule is CC(=O)N1CCC(N(C)C2CC2)CC1. The zero-order chi connectivity index (χ0) is 10.1. The fraction of sp³-hybridized carbons (Fsp3) is 0.909. The van der Waals surface area contributed by atoms with E-state index in [1.54, 1.807) is 6.92 Å². The number of piperidine rings is 1. The van der Waals surface area contributed by atoms with E-state index in [1.807, 2.05) is 4.90 Å². The minimum absolute atomic E-state index is 0.234. The summed E-state index contributed by atoms with van der Waals surface area (Å²) < 4.78 is 0. The summed E-state index contributed by atoms with van der Waals surface area (Å²) in [7, 11) is 2.24. The molecule has 80 valence electrons. The van der Waals surface area contributed by atoms with E-state index in [4.69, 9.17) is 0 Å². The normalized spacial score (nSPS) is 24.4. The summed E-state index contributed by atoms with van der Waals surface area (Å²) in [6, 6.07) is 1.57. The molecule has 0 spiro atoms. The number of hydrogen-bond acceptors (Lipinski definition) is 2. The van der Waals surface area contributed by atoms with Crippen LogP contribution in [0.4, 0.5) is 0 Å². The van der Waals surface area contributed by atoms with Gasteiger partial charge in [0.25, 0.3) is 0 Å². The number of likely N-dealkylation sites (tertiary alicyclic amines) is 1. The molecule has 1 aliphatic heterocycles. The van der Waals surface area contributed by atoms with Crippen LogP contribution in [0.15, 0.2) is 0 Å². The Morgan fingerprint density at radius 2 is 1.64 bits per heavy atom. The smallest absolute Gasteiger partial charge is 0.219 e. The number of hydrogen-bond donors (Lipinski definition) is 0. The Bertz CT molecular complexity index is 217. The molecule has 0 atom stereocenters. The number of rotatable bonds is 2. The number of amides is 1. The van der Waals surface area contributed by atoms with Crippen molar-refractivity contribution in [3.05, 3.63) is 0 Å². The molecule has 0 bridgehead atoms. The molecule has 1 amide bonds. The van der Waals surface area contributed by atoms with Gasteiger partial charge in [0.15, 0.2) is 0 Å². The highest BCUT2D eigenvalue weighted by Crippen LogP contribution is 2.30. The number of nitrogens with zero attached hydrogens (tertiary/aromatic N) is 2. The number of carbonyl (C=O) groups is 1. The minimum Gasteiger partial charge on any atom is -0.343 e. The Balaban J connectivity index is 1.80. The zero-order valence-corrected chi connectivity index (χ0v) is 9.20. The summed E-state index contributed by atoms with van der Waals surface area (Å²) in [5.41, 5.74) is 0. The van der Waals surface area contributed by atoms with E-state index >= 15 is 0 Å². The van der Waals surface area contributed by atoms with Crippen LogP contribution in [0.25, 0.3) is 0 Å². The Kier molecular flexibility index (Phi) is 2.77. The Labute approximate surface area is 86.1 Å². The molecule has 3 nitrogen and oxygen atoms in total. The second-order valence-corrected chi connectivity index (χ2v) is 4.63. The monoisotopic (exact) mass is 196 g/mol. The maximum Gasteiger partial charge on any atom is 0.219 e. The van der Waals surface area contributed by atoms with Gasteiger partial charge in [0, 0.05) is 32.1 Å². The predicted molar refractivity (Wildman–Crippen MR) is 56.1 cm³/mol. The van der Waals surface area contributed by atoms with Gasteiger partial charge in [0.1, 0.15) is 0 Å². The van der Waals surface area contributed by atoms with Gasteiger partial charge >= 0.3 is 0 Å². The molecule has 0 radical (unpaired) electrons. The van der Waals surface area contributed by atoms with E-state index in [2.05, 4.69) is 11.9 Å². The summed E-state index contributed by atoms with van der Waals surface area (Å²) in [4.78, 5) is 15.6. The van der Waals surface area contributed by atoms with E-state index < -0.39 is 0 Å². The molecule has 0 aromatic carbocycles. The molecule has 3 heteroatoms. The van der Waals surface area contributed by atoms with Crippen molar-refractivity contribution in [3.8, 4) is 0 Å². The lowest BCUT2D eigenvalue weighted by atomic mass is 10.0. The molecule has 1 saturated carbocycles. The van der Waals surface area contributed by atoms with E-state index in [0.717, 1.165) is 38.0 Å². The largest absolute Gasteiger partial charge is 0.343 e. The summed E-state index contributed by atoms with van der Waals surface area (Å²) >= 11 is 0. The molecule has 14 heavy (non-hydrogen) atoms. The van der Waals surface area contributed by atoms with Crippen LogP contribution in [0.5, 0.6) is 0 Å². The van der Waals surface area contributed by atoms with E-state index in [0.29, 0.717) is 0 Å². The molecule has 0 unspecified atom stereocenters. The average molecular weight is 196 g/mol. The van der Waals surface area contributed by atoms with Gasteiger partial charge in [-0.25, -0.2) is 0 Å². The van der Waals surface area contributed by atoms with Crippen molar-refractivity contribution in [2.75, 3.05) is 20.1 Å². The van der Waals surface area contributed by atoms with Crippen molar-refractivity contribution in [3.63, 3.8) is 0 Å². The zero-order valence-electron chi connectivity index (χ0n) is 9.20. The fourth-order valence-electron chi connectivity index (χ4n) is 2.37. The highest BCUT2D eigenvalue weighted by Gasteiger charge is 2.32. The maximum absolute atomic E-state index is 11.1. The summed E-state index contributed by atoms with van der Waals surface area (Å²) in [6.45, 7) is 3.58. The van der Waals surface area contributed by atoms with Crippen molar-refractivity contribution in [1.82, 2.24) is 9.80 Å². The first-order valence-corrected chi connectivity index (χ1v) is 5.66. The molecule has 0 N–H and O–H groups in total. The van der Waals surface area contributed by atoms with Crippen LogP contribution < -0.4 is 0 Å². The quantitative estimate of drug-likeness (QED) is 0.660. The van der Waals surface area contributed by atoms with Crippen LogP contribution in [0.1, 0.15) is 32.6 Å². The van der Waals surface area contributed by atoms with Crippen LogP contribution in [0, 0.1) is 0 Å². The third kappa shape index (κ3) is 2.08. The number of carbonyl (C=O) groups excluding carboxylic acids is 1. The molecule has 1 aliphatic carbocycles. The standard InChI is InChI=1S/C11H20N2O/c1-9(14)13-7-5-11(6-8-13)12(2)10-3-4-10/h10-11H,3-8H2,1-2H3. The molecule has 1 heterocycles. The first-order chi connectivity index (χ1) is 6.68. The van der Waals surface area contributed by atoms with Crippen LogP contribution in [-0.4, -0.2) is 47.9 Å². The molecule has 0 aromatic rings. The van der Waals surface area contributed by atoms with Crippen molar-refractivity contribution in [2.45, 2.75) is 44.7 Å². The Morgan fingerprint density at radius 1 is 1.14 bits per heavy atom. The second kappa shape index (κ2) is 3.89. The lowest BCUT2D eigenvalue weighted by Crippen LogP contribution is -2.45. The molecule has 2 fully saturated rings. The van der Waals surface area contributed by atoms with Gasteiger partial charge in [-0.2, -0.15) is 0 Å². The van der Waals surface area contributed by atoms with E-state index in [9.17, 15) is 4.79 Å². The topological polar surface area (TPSA) is 23.6 Å². The van der Waals surface area contributed by atoms with Crippen molar-refractivity contribution < 1.29 is 4.79 Å². The fourth-order valence-corrected chi connectivity index (χ4v) is 2.37. The third-order valence-electron chi connectivity index (χ3n) is 3.61. The lowest BCUT2D eigenvalue weighted by Gasteiger charge is -2.36. The molecule has 0 aromatic heterocycles. The van der Waals surface area contributed by atoms with Crippen molar-refractivity contribution in [1.29, 1.82) is 0 Å². The highest BCUT2D eigenvalue weighted by atomic mass is 16.2. The lowest BCUT2D eigenvalue weighted by molar-refractivity contribution is -0.130. The Morgan fingerprint density at radius 3 is 2.07 bits per heavy atom. The Hall–Kier alpha value is -0.570. The molecule has 1 saturated heterocycles. The van der Waals surface area contributed by atoms with Gasteiger partial charge < -0.3 is 9.80 Å². The minimum atomic E-state index is 0.234. The highest BCUT2D eigenvalue weighted by molar-refractivity contribution is 5.73. The third-order valence-corrected chi connectivity index (χ3v) is 3.61. The van der Waals surface area contributed by atoms with Gasteiger partial charge in [0.05, 0.1) is 0 Å². The maximum atomic E-state index is 11.1. The van der Waals surface area contributed by atoms with Crippen LogP contribution >= 0.6 is 0 Å². The van der Waals surface area contributed by atoms with Crippen molar-refractivity contribution in [2.24, 2.45) is 0 Å². The van der Waals surface area contributed by atoms with Gasteiger partial charge in [-0.05, 0) is 32.7 Å². The first-order valence-electron chi connectivity index (χ1n) is 5.66.